The molecule has 0 aliphatic rings. The van der Waals surface area contributed by atoms with Gasteiger partial charge in [0.1, 0.15) is 10.7 Å². The maximum absolute atomic E-state index is 12.2. The lowest BCUT2D eigenvalue weighted by Gasteiger charge is -2.09. The first-order valence-corrected chi connectivity index (χ1v) is 8.87. The van der Waals surface area contributed by atoms with Crippen molar-refractivity contribution < 1.29 is 4.79 Å². The molecule has 0 aliphatic carbocycles. The van der Waals surface area contributed by atoms with Gasteiger partial charge in [0.25, 0.3) is 5.91 Å². The van der Waals surface area contributed by atoms with Gasteiger partial charge in [-0.15, -0.1) is 11.3 Å². The van der Waals surface area contributed by atoms with E-state index >= 15 is 0 Å². The highest BCUT2D eigenvalue weighted by Gasteiger charge is 2.16. The molecule has 0 bridgehead atoms. The molecule has 1 aromatic carbocycles. The van der Waals surface area contributed by atoms with E-state index in [4.69, 9.17) is 0 Å². The van der Waals surface area contributed by atoms with Gasteiger partial charge in [0.2, 0.25) is 0 Å². The molecule has 120 valence electrons. The van der Waals surface area contributed by atoms with Gasteiger partial charge in [-0.25, -0.2) is 4.98 Å². The van der Waals surface area contributed by atoms with Gasteiger partial charge in [-0.3, -0.25) is 4.79 Å². The zero-order valence-electron chi connectivity index (χ0n) is 13.7. The van der Waals surface area contributed by atoms with Crippen LogP contribution in [0.3, 0.4) is 0 Å². The number of thiazole rings is 1. The van der Waals surface area contributed by atoms with Gasteiger partial charge < -0.3 is 9.88 Å². The molecule has 0 saturated heterocycles. The number of nitrogens with zero attached hydrogens (tertiary/aromatic N) is 2. The zero-order chi connectivity index (χ0) is 16.4. The first kappa shape index (κ1) is 15.7. The third-order valence-electron chi connectivity index (χ3n) is 4.07. The van der Waals surface area contributed by atoms with Crippen LogP contribution in [0.5, 0.6) is 0 Å². The van der Waals surface area contributed by atoms with E-state index in [-0.39, 0.29) is 11.9 Å². The fourth-order valence-electron chi connectivity index (χ4n) is 2.62. The predicted octanol–water partition coefficient (Wildman–Crippen LogP) is 4.31. The average Bonchev–Trinajstić information content (AvgIpc) is 3.18. The van der Waals surface area contributed by atoms with Crippen molar-refractivity contribution in [2.24, 2.45) is 0 Å². The van der Waals surface area contributed by atoms with Crippen molar-refractivity contribution in [1.29, 1.82) is 0 Å². The van der Waals surface area contributed by atoms with E-state index in [1.165, 1.54) is 22.2 Å². The van der Waals surface area contributed by atoms with Crippen LogP contribution in [0.4, 0.5) is 0 Å². The number of amides is 1. The Balaban J connectivity index is 1.96. The molecule has 1 atom stereocenters. The second-order valence-electron chi connectivity index (χ2n) is 5.65. The highest BCUT2D eigenvalue weighted by atomic mass is 32.1. The van der Waals surface area contributed by atoms with E-state index in [2.05, 4.69) is 46.9 Å². The highest BCUT2D eigenvalue weighted by molar-refractivity contribution is 7.13. The molecule has 1 N–H and O–H groups in total. The summed E-state index contributed by atoms with van der Waals surface area (Å²) >= 11 is 1.52. The van der Waals surface area contributed by atoms with Crippen LogP contribution in [0.15, 0.2) is 35.7 Å². The van der Waals surface area contributed by atoms with Crippen molar-refractivity contribution in [2.75, 3.05) is 0 Å². The van der Waals surface area contributed by atoms with Gasteiger partial charge >= 0.3 is 0 Å². The molecule has 2 aromatic heterocycles. The van der Waals surface area contributed by atoms with Gasteiger partial charge in [0, 0.05) is 28.9 Å². The molecule has 1 unspecified atom stereocenters. The molecule has 1 amide bonds. The summed E-state index contributed by atoms with van der Waals surface area (Å²) in [6.07, 6.45) is 0.910. The number of para-hydroxylation sites is 1. The monoisotopic (exact) mass is 327 g/mol. The molecule has 23 heavy (non-hydrogen) atoms. The molecule has 3 rings (SSSR count). The number of hydrogen-bond acceptors (Lipinski definition) is 3. The van der Waals surface area contributed by atoms with Crippen molar-refractivity contribution in [3.63, 3.8) is 0 Å². The van der Waals surface area contributed by atoms with Crippen molar-refractivity contribution in [2.45, 2.75) is 39.8 Å². The fourth-order valence-corrected chi connectivity index (χ4v) is 3.45. The maximum Gasteiger partial charge on any atom is 0.270 e. The molecule has 5 heteroatoms. The Hall–Kier alpha value is -2.14. The number of fused-ring (bicyclic) bond motifs is 1. The lowest BCUT2D eigenvalue weighted by molar-refractivity contribution is 0.0935. The lowest BCUT2D eigenvalue weighted by atomic mass is 10.2. The summed E-state index contributed by atoms with van der Waals surface area (Å²) in [4.78, 5) is 16.8. The average molecular weight is 327 g/mol. The minimum atomic E-state index is -0.0963. The van der Waals surface area contributed by atoms with Crippen LogP contribution in [-0.2, 0) is 6.54 Å². The number of hydrogen-bond donors (Lipinski definition) is 1. The number of benzene rings is 1. The number of carbonyl (C=O) groups excluding carboxylic acids is 1. The summed E-state index contributed by atoms with van der Waals surface area (Å²) in [7, 11) is 0. The minimum Gasteiger partial charge on any atom is -0.348 e. The molecular weight excluding hydrogens is 306 g/mol. The highest BCUT2D eigenvalue weighted by Crippen LogP contribution is 2.30. The van der Waals surface area contributed by atoms with Gasteiger partial charge in [0.15, 0.2) is 0 Å². The van der Waals surface area contributed by atoms with E-state index in [1.807, 2.05) is 24.4 Å². The van der Waals surface area contributed by atoms with Gasteiger partial charge in [-0.1, -0.05) is 25.1 Å². The Morgan fingerprint density at radius 3 is 2.87 bits per heavy atom. The van der Waals surface area contributed by atoms with Crippen molar-refractivity contribution in [1.82, 2.24) is 14.9 Å². The van der Waals surface area contributed by atoms with Crippen LogP contribution >= 0.6 is 11.3 Å². The van der Waals surface area contributed by atoms with Crippen LogP contribution in [0.2, 0.25) is 0 Å². The fraction of sp³-hybridized carbons (Fsp3) is 0.333. The second kappa shape index (κ2) is 6.54. The molecule has 2 heterocycles. The summed E-state index contributed by atoms with van der Waals surface area (Å²) in [6.45, 7) is 7.05. The Bertz CT molecular complexity index is 834. The summed E-state index contributed by atoms with van der Waals surface area (Å²) in [6, 6.07) is 10.6. The third kappa shape index (κ3) is 3.01. The van der Waals surface area contributed by atoms with Crippen LogP contribution in [0, 0.1) is 0 Å². The second-order valence-corrected chi connectivity index (χ2v) is 6.51. The van der Waals surface area contributed by atoms with E-state index in [0.717, 1.165) is 23.7 Å². The molecule has 0 saturated carbocycles. The van der Waals surface area contributed by atoms with Gasteiger partial charge in [0.05, 0.1) is 5.69 Å². The molecule has 0 spiro atoms. The van der Waals surface area contributed by atoms with Crippen LogP contribution in [0.1, 0.15) is 37.7 Å². The normalized spacial score (nSPS) is 12.5. The minimum absolute atomic E-state index is 0.0963. The molecular formula is C18H21N3OS. The zero-order valence-corrected chi connectivity index (χ0v) is 14.5. The first-order valence-electron chi connectivity index (χ1n) is 7.99. The smallest absolute Gasteiger partial charge is 0.270 e. The molecule has 4 nitrogen and oxygen atoms in total. The number of aromatic nitrogens is 2. The molecule has 0 fully saturated rings. The largest absolute Gasteiger partial charge is 0.348 e. The maximum atomic E-state index is 12.2. The van der Waals surface area contributed by atoms with E-state index < -0.39 is 0 Å². The first-order chi connectivity index (χ1) is 11.1. The summed E-state index contributed by atoms with van der Waals surface area (Å²) in [5, 5.41) is 6.89. The Kier molecular flexibility index (Phi) is 4.48. The summed E-state index contributed by atoms with van der Waals surface area (Å²) in [5.41, 5.74) is 2.77. The Morgan fingerprint density at radius 2 is 2.13 bits per heavy atom. The quantitative estimate of drug-likeness (QED) is 0.759. The molecule has 3 aromatic rings. The standard InChI is InChI=1S/C18H21N3OS/c1-4-12(3)19-17(22)14-11-23-18(20-14)16-10-13-8-6-7-9-15(13)21(16)5-2/h6-12H,4-5H2,1-3H3,(H,19,22). The lowest BCUT2D eigenvalue weighted by Crippen LogP contribution is -2.32. The SMILES string of the molecule is CCC(C)NC(=O)c1csc(-c2cc3ccccc3n2CC)n1. The number of aryl methyl sites for hydroxylation is 1. The number of rotatable bonds is 5. The van der Waals surface area contributed by atoms with E-state index in [0.29, 0.717) is 5.69 Å². The van der Waals surface area contributed by atoms with Crippen LogP contribution < -0.4 is 5.32 Å². The summed E-state index contributed by atoms with van der Waals surface area (Å²) < 4.78 is 2.24. The molecule has 0 aliphatic heterocycles. The van der Waals surface area contributed by atoms with Crippen LogP contribution in [-0.4, -0.2) is 21.5 Å². The van der Waals surface area contributed by atoms with Crippen LogP contribution in [0.25, 0.3) is 21.6 Å². The van der Waals surface area contributed by atoms with Crippen molar-refractivity contribution >= 4 is 28.1 Å². The third-order valence-corrected chi connectivity index (χ3v) is 4.94. The Labute approximate surface area is 140 Å². The topological polar surface area (TPSA) is 46.9 Å². The predicted molar refractivity (Wildman–Crippen MR) is 95.9 cm³/mol. The van der Waals surface area contributed by atoms with E-state index in [1.54, 1.807) is 0 Å². The van der Waals surface area contributed by atoms with Gasteiger partial charge in [-0.05, 0) is 32.4 Å². The Morgan fingerprint density at radius 1 is 1.35 bits per heavy atom. The van der Waals surface area contributed by atoms with E-state index in [9.17, 15) is 4.79 Å². The number of carbonyl (C=O) groups is 1. The van der Waals surface area contributed by atoms with Crippen molar-refractivity contribution in [3.8, 4) is 10.7 Å². The molecule has 0 radical (unpaired) electrons. The van der Waals surface area contributed by atoms with Crippen molar-refractivity contribution in [3.05, 3.63) is 41.4 Å². The number of nitrogens with one attached hydrogen (secondary N) is 1. The van der Waals surface area contributed by atoms with Gasteiger partial charge in [-0.2, -0.15) is 0 Å². The summed E-state index contributed by atoms with van der Waals surface area (Å²) in [5.74, 6) is -0.0963.